The number of benzene rings is 2. The van der Waals surface area contributed by atoms with Gasteiger partial charge in [-0.05, 0) is 18.2 Å². The Labute approximate surface area is 143 Å². The summed E-state index contributed by atoms with van der Waals surface area (Å²) in [7, 11) is -5.29. The summed E-state index contributed by atoms with van der Waals surface area (Å²) in [5.74, 6) is -7.34. The summed E-state index contributed by atoms with van der Waals surface area (Å²) in [6.07, 6.45) is 0. The fraction of sp³-hybridized carbons (Fsp3) is 0. The highest BCUT2D eigenvalue weighted by molar-refractivity contribution is 7.86. The van der Waals surface area contributed by atoms with Crippen molar-refractivity contribution in [2.75, 3.05) is 0 Å². The highest BCUT2D eigenvalue weighted by atomic mass is 32.2. The molecule has 0 aliphatic carbocycles. The molecule has 2 aromatic rings. The first-order valence-corrected chi connectivity index (χ1v) is 7.86. The molecule has 0 amide bonds. The second-order valence-corrected chi connectivity index (χ2v) is 6.29. The van der Waals surface area contributed by atoms with Crippen molar-refractivity contribution in [3.63, 3.8) is 0 Å². The molecular weight excluding hydrogens is 376 g/mol. The van der Waals surface area contributed by atoms with Crippen molar-refractivity contribution in [1.29, 1.82) is 0 Å². The Bertz CT molecular complexity index is 1110. The minimum atomic E-state index is -5.29. The average Bonchev–Trinajstić information content (AvgIpc) is 2.50. The summed E-state index contributed by atoms with van der Waals surface area (Å²) in [6, 6.07) is 1.71. The van der Waals surface area contributed by atoms with Gasteiger partial charge in [0.05, 0.1) is 22.3 Å². The number of fused-ring (bicyclic) bond motifs is 1. The maximum absolute atomic E-state index is 11.6. The first-order chi connectivity index (χ1) is 11.9. The molecule has 11 nitrogen and oxygen atoms in total. The topological polar surface area (TPSA) is 204 Å². The van der Waals surface area contributed by atoms with Crippen LogP contribution in [0.25, 0.3) is 10.8 Å². The van der Waals surface area contributed by atoms with E-state index in [4.69, 9.17) is 0 Å². The Morgan fingerprint density at radius 1 is 0.692 bits per heavy atom. The highest BCUT2D eigenvalue weighted by Gasteiger charge is 2.31. The van der Waals surface area contributed by atoms with E-state index in [9.17, 15) is 52.6 Å². The summed E-state index contributed by atoms with van der Waals surface area (Å²) in [4.78, 5) is 44.4. The Kier molecular flexibility index (Phi) is 4.41. The van der Waals surface area contributed by atoms with E-state index in [1.54, 1.807) is 0 Å². The lowest BCUT2D eigenvalue weighted by Gasteiger charge is -2.14. The van der Waals surface area contributed by atoms with E-state index < -0.39 is 71.9 Å². The van der Waals surface area contributed by atoms with Gasteiger partial charge in [0, 0.05) is 10.8 Å². The smallest absolute Gasteiger partial charge is 0.337 e. The normalized spacial score (nSPS) is 11.3. The molecular formula is C14H8O11S. The predicted octanol–water partition coefficient (Wildman–Crippen LogP) is 0.879. The van der Waals surface area contributed by atoms with Crippen LogP contribution in [0.15, 0.2) is 23.1 Å². The van der Waals surface area contributed by atoms with E-state index in [1.165, 1.54) is 0 Å². The lowest BCUT2D eigenvalue weighted by atomic mass is 9.91. The van der Waals surface area contributed by atoms with Gasteiger partial charge in [-0.3, -0.25) is 4.55 Å². The summed E-state index contributed by atoms with van der Waals surface area (Å²) < 4.78 is 32.3. The maximum Gasteiger partial charge on any atom is 0.337 e. The molecule has 0 fully saturated rings. The zero-order chi connectivity index (χ0) is 20.0. The van der Waals surface area contributed by atoms with Crippen molar-refractivity contribution < 1.29 is 52.6 Å². The van der Waals surface area contributed by atoms with Crippen LogP contribution in [0.2, 0.25) is 0 Å². The van der Waals surface area contributed by atoms with Crippen LogP contribution in [-0.2, 0) is 10.1 Å². The first kappa shape index (κ1) is 18.8. The molecule has 0 aliphatic rings. The largest absolute Gasteiger partial charge is 0.478 e. The molecule has 0 atom stereocenters. The molecule has 2 rings (SSSR count). The minimum absolute atomic E-state index is 0.265. The van der Waals surface area contributed by atoms with Crippen LogP contribution in [0.1, 0.15) is 41.4 Å². The van der Waals surface area contributed by atoms with E-state index in [1.807, 2.05) is 0 Å². The van der Waals surface area contributed by atoms with Crippen LogP contribution >= 0.6 is 0 Å². The third-order valence-electron chi connectivity index (χ3n) is 3.43. The van der Waals surface area contributed by atoms with Crippen molar-refractivity contribution in [3.05, 3.63) is 40.5 Å². The Morgan fingerprint density at radius 3 is 1.46 bits per heavy atom. The van der Waals surface area contributed by atoms with Gasteiger partial charge >= 0.3 is 23.9 Å². The molecule has 0 saturated heterocycles. The van der Waals surface area contributed by atoms with Gasteiger partial charge in [-0.2, -0.15) is 8.42 Å². The van der Waals surface area contributed by atoms with Crippen LogP contribution in [0, 0.1) is 0 Å². The Balaban J connectivity index is 3.40. The molecule has 2 aromatic carbocycles. The van der Waals surface area contributed by atoms with Crippen molar-refractivity contribution >= 4 is 44.8 Å². The standard InChI is InChI=1S/C14H8O11S/c15-11(16)4-1-2-5(12(17)18)9-8(4)6(13(19)20)3-7(26(23,24)25)10(9)14(21)22/h1-3H,(H,15,16)(H,17,18)(H,19,20)(H,21,22)(H,23,24,25). The lowest BCUT2D eigenvalue weighted by Crippen LogP contribution is -2.16. The first-order valence-electron chi connectivity index (χ1n) is 6.42. The maximum atomic E-state index is 11.6. The van der Waals surface area contributed by atoms with Gasteiger partial charge in [0.25, 0.3) is 10.1 Å². The van der Waals surface area contributed by atoms with Gasteiger partial charge in [0.15, 0.2) is 0 Å². The van der Waals surface area contributed by atoms with Crippen molar-refractivity contribution in [2.24, 2.45) is 0 Å². The molecule has 0 spiro atoms. The number of hydrogen-bond donors (Lipinski definition) is 5. The number of aromatic carboxylic acids is 4. The van der Waals surface area contributed by atoms with E-state index in [0.717, 1.165) is 6.07 Å². The van der Waals surface area contributed by atoms with E-state index in [0.29, 0.717) is 6.07 Å². The van der Waals surface area contributed by atoms with Gasteiger partial charge < -0.3 is 20.4 Å². The number of carboxylic acids is 4. The van der Waals surface area contributed by atoms with Gasteiger partial charge in [-0.15, -0.1) is 0 Å². The summed E-state index contributed by atoms with van der Waals surface area (Å²) >= 11 is 0. The second kappa shape index (κ2) is 6.09. The van der Waals surface area contributed by atoms with Gasteiger partial charge in [0.2, 0.25) is 0 Å². The summed E-state index contributed by atoms with van der Waals surface area (Å²) in [6.45, 7) is 0. The Hall–Kier alpha value is -3.51. The summed E-state index contributed by atoms with van der Waals surface area (Å²) in [5.41, 5.74) is -3.87. The van der Waals surface area contributed by atoms with Crippen LogP contribution in [0.5, 0.6) is 0 Å². The quantitative estimate of drug-likeness (QED) is 0.457. The zero-order valence-corrected chi connectivity index (χ0v) is 13.1. The predicted molar refractivity (Wildman–Crippen MR) is 81.6 cm³/mol. The molecule has 26 heavy (non-hydrogen) atoms. The van der Waals surface area contributed by atoms with E-state index in [-0.39, 0.29) is 6.07 Å². The van der Waals surface area contributed by atoms with Gasteiger partial charge in [-0.1, -0.05) is 0 Å². The molecule has 0 aromatic heterocycles. The minimum Gasteiger partial charge on any atom is -0.478 e. The number of rotatable bonds is 5. The van der Waals surface area contributed by atoms with Crippen LogP contribution in [0.4, 0.5) is 0 Å². The molecule has 0 radical (unpaired) electrons. The SMILES string of the molecule is O=C(O)c1ccc(C(=O)O)c2c(C(=O)O)c(S(=O)(=O)O)cc(C(=O)O)c12. The third-order valence-corrected chi connectivity index (χ3v) is 4.31. The van der Waals surface area contributed by atoms with Crippen LogP contribution < -0.4 is 0 Å². The molecule has 12 heteroatoms. The number of carboxylic acid groups (broad SMARTS) is 4. The van der Waals surface area contributed by atoms with Crippen molar-refractivity contribution in [2.45, 2.75) is 4.90 Å². The van der Waals surface area contributed by atoms with Crippen LogP contribution in [0.3, 0.4) is 0 Å². The third kappa shape index (κ3) is 2.94. The van der Waals surface area contributed by atoms with Crippen molar-refractivity contribution in [3.8, 4) is 0 Å². The Morgan fingerprint density at radius 2 is 1.12 bits per heavy atom. The molecule has 0 aliphatic heterocycles. The van der Waals surface area contributed by atoms with E-state index in [2.05, 4.69) is 0 Å². The lowest BCUT2D eigenvalue weighted by molar-refractivity contribution is 0.0673. The fourth-order valence-electron chi connectivity index (χ4n) is 2.48. The van der Waals surface area contributed by atoms with E-state index >= 15 is 0 Å². The number of hydrogen-bond acceptors (Lipinski definition) is 6. The fourth-order valence-corrected chi connectivity index (χ4v) is 3.20. The molecule has 136 valence electrons. The monoisotopic (exact) mass is 384 g/mol. The average molecular weight is 384 g/mol. The van der Waals surface area contributed by atoms with Gasteiger partial charge in [-0.25, -0.2) is 19.2 Å². The highest BCUT2D eigenvalue weighted by Crippen LogP contribution is 2.34. The number of carbonyl (C=O) groups is 4. The molecule has 0 bridgehead atoms. The van der Waals surface area contributed by atoms with Gasteiger partial charge in [0.1, 0.15) is 4.90 Å². The molecule has 0 saturated carbocycles. The second-order valence-electron chi connectivity index (χ2n) is 4.90. The van der Waals surface area contributed by atoms with Crippen molar-refractivity contribution in [1.82, 2.24) is 0 Å². The zero-order valence-electron chi connectivity index (χ0n) is 12.3. The van der Waals surface area contributed by atoms with Crippen LogP contribution in [-0.4, -0.2) is 57.3 Å². The molecule has 0 unspecified atom stereocenters. The molecule has 5 N–H and O–H groups in total. The molecule has 0 heterocycles. The summed E-state index contributed by atoms with van der Waals surface area (Å²) in [5, 5.41) is 35.3.